The standard InChI is InChI=1S/C18H21F3N4O4/c1-12(2)16(10-22)23-5-7-24(8-6-23)17(26)14-9-13(29-11-18(19,20)21)3-4-15(14)25(27)28/h3-4,9,12,16H,5-8,11H2,1-2H3. The topological polar surface area (TPSA) is 99.7 Å². The molecule has 0 aliphatic carbocycles. The smallest absolute Gasteiger partial charge is 0.422 e. The molecule has 1 aromatic rings. The van der Waals surface area contributed by atoms with E-state index in [4.69, 9.17) is 0 Å². The van der Waals surface area contributed by atoms with Crippen LogP contribution in [-0.4, -0.2) is 65.6 Å². The summed E-state index contributed by atoms with van der Waals surface area (Å²) in [6.45, 7) is 3.59. The number of nitriles is 1. The minimum absolute atomic E-state index is 0.103. The number of alkyl halides is 3. The highest BCUT2D eigenvalue weighted by Crippen LogP contribution is 2.27. The van der Waals surface area contributed by atoms with Crippen LogP contribution in [0.2, 0.25) is 0 Å². The lowest BCUT2D eigenvalue weighted by atomic mass is 10.0. The van der Waals surface area contributed by atoms with Gasteiger partial charge >= 0.3 is 6.18 Å². The maximum atomic E-state index is 12.8. The summed E-state index contributed by atoms with van der Waals surface area (Å²) < 4.78 is 41.7. The quantitative estimate of drug-likeness (QED) is 0.524. The Morgan fingerprint density at radius 2 is 1.93 bits per heavy atom. The molecule has 1 amide bonds. The van der Waals surface area contributed by atoms with Gasteiger partial charge in [0.05, 0.1) is 11.0 Å². The summed E-state index contributed by atoms with van der Waals surface area (Å²) in [6, 6.07) is 4.87. The molecule has 1 saturated heterocycles. The molecule has 1 unspecified atom stereocenters. The Labute approximate surface area is 165 Å². The number of carbonyl (C=O) groups is 1. The van der Waals surface area contributed by atoms with Crippen LogP contribution in [0.3, 0.4) is 0 Å². The predicted octanol–water partition coefficient (Wildman–Crippen LogP) is 2.84. The second-order valence-electron chi connectivity index (χ2n) is 6.99. The van der Waals surface area contributed by atoms with Crippen molar-refractivity contribution in [2.24, 2.45) is 5.92 Å². The lowest BCUT2D eigenvalue weighted by Crippen LogP contribution is -2.52. The van der Waals surface area contributed by atoms with Gasteiger partial charge in [0.25, 0.3) is 11.6 Å². The fourth-order valence-electron chi connectivity index (χ4n) is 3.13. The highest BCUT2D eigenvalue weighted by Gasteiger charge is 2.32. The zero-order valence-corrected chi connectivity index (χ0v) is 16.0. The number of halogens is 3. The molecule has 1 aromatic carbocycles. The summed E-state index contributed by atoms with van der Waals surface area (Å²) in [6.07, 6.45) is -4.57. The van der Waals surface area contributed by atoms with Crippen LogP contribution in [0.15, 0.2) is 18.2 Å². The first-order valence-electron chi connectivity index (χ1n) is 8.94. The van der Waals surface area contributed by atoms with Gasteiger partial charge in [-0.1, -0.05) is 13.8 Å². The van der Waals surface area contributed by atoms with Gasteiger partial charge in [0.1, 0.15) is 17.4 Å². The number of nitro benzene ring substituents is 1. The minimum atomic E-state index is -4.57. The molecule has 0 aromatic heterocycles. The van der Waals surface area contributed by atoms with E-state index in [0.717, 1.165) is 18.2 Å². The molecule has 1 fully saturated rings. The lowest BCUT2D eigenvalue weighted by molar-refractivity contribution is -0.385. The monoisotopic (exact) mass is 414 g/mol. The first-order valence-corrected chi connectivity index (χ1v) is 8.94. The summed E-state index contributed by atoms with van der Waals surface area (Å²) in [5.41, 5.74) is -0.835. The fraction of sp³-hybridized carbons (Fsp3) is 0.556. The van der Waals surface area contributed by atoms with Crippen molar-refractivity contribution in [1.29, 1.82) is 5.26 Å². The first-order chi connectivity index (χ1) is 13.5. The normalized spacial score (nSPS) is 16.4. The highest BCUT2D eigenvalue weighted by molar-refractivity contribution is 5.98. The number of hydrogen-bond acceptors (Lipinski definition) is 6. The molecule has 0 spiro atoms. The number of nitrogens with zero attached hydrogens (tertiary/aromatic N) is 4. The number of amides is 1. The molecule has 0 N–H and O–H groups in total. The molecule has 1 heterocycles. The van der Waals surface area contributed by atoms with Crippen molar-refractivity contribution in [3.8, 4) is 11.8 Å². The first kappa shape index (κ1) is 22.4. The van der Waals surface area contributed by atoms with Crippen molar-refractivity contribution in [1.82, 2.24) is 9.80 Å². The molecule has 0 radical (unpaired) electrons. The number of piperazine rings is 1. The van der Waals surface area contributed by atoms with E-state index in [-0.39, 0.29) is 36.4 Å². The Hall–Kier alpha value is -2.87. The summed E-state index contributed by atoms with van der Waals surface area (Å²) in [5, 5.41) is 20.6. The average molecular weight is 414 g/mol. The molecular formula is C18H21F3N4O4. The zero-order valence-electron chi connectivity index (χ0n) is 16.0. The van der Waals surface area contributed by atoms with E-state index < -0.39 is 29.3 Å². The molecule has 0 saturated carbocycles. The van der Waals surface area contributed by atoms with Gasteiger partial charge in [-0.2, -0.15) is 18.4 Å². The maximum absolute atomic E-state index is 12.8. The Bertz CT molecular complexity index is 799. The van der Waals surface area contributed by atoms with Gasteiger partial charge in [-0.25, -0.2) is 0 Å². The van der Waals surface area contributed by atoms with Crippen LogP contribution in [-0.2, 0) is 0 Å². The van der Waals surface area contributed by atoms with Gasteiger partial charge in [-0.3, -0.25) is 19.8 Å². The summed E-state index contributed by atoms with van der Waals surface area (Å²) in [4.78, 5) is 26.6. The largest absolute Gasteiger partial charge is 0.484 e. The van der Waals surface area contributed by atoms with Gasteiger partial charge in [-0.05, 0) is 18.1 Å². The second kappa shape index (κ2) is 9.09. The molecule has 11 heteroatoms. The maximum Gasteiger partial charge on any atom is 0.422 e. The third-order valence-electron chi connectivity index (χ3n) is 4.56. The van der Waals surface area contributed by atoms with E-state index in [0.29, 0.717) is 13.1 Å². The Kier molecular flexibility index (Phi) is 7.02. The van der Waals surface area contributed by atoms with Crippen LogP contribution in [0.1, 0.15) is 24.2 Å². The highest BCUT2D eigenvalue weighted by atomic mass is 19.4. The van der Waals surface area contributed by atoms with Gasteiger partial charge in [0.15, 0.2) is 6.61 Å². The fourth-order valence-corrected chi connectivity index (χ4v) is 3.13. The molecule has 0 bridgehead atoms. The van der Waals surface area contributed by atoms with Crippen molar-refractivity contribution in [2.45, 2.75) is 26.1 Å². The van der Waals surface area contributed by atoms with Gasteiger partial charge in [0, 0.05) is 32.2 Å². The molecule has 29 heavy (non-hydrogen) atoms. The SMILES string of the molecule is CC(C)C(C#N)N1CCN(C(=O)c2cc(OCC(F)(F)F)ccc2[N+](=O)[O-])CC1. The van der Waals surface area contributed by atoms with Gasteiger partial charge in [-0.15, -0.1) is 0 Å². The van der Waals surface area contributed by atoms with Crippen LogP contribution in [0, 0.1) is 27.4 Å². The van der Waals surface area contributed by atoms with E-state index in [1.807, 2.05) is 18.7 Å². The molecule has 1 aliphatic rings. The van der Waals surface area contributed by atoms with Gasteiger partial charge < -0.3 is 9.64 Å². The van der Waals surface area contributed by atoms with E-state index in [1.54, 1.807) is 0 Å². The van der Waals surface area contributed by atoms with E-state index in [2.05, 4.69) is 10.8 Å². The summed E-state index contributed by atoms with van der Waals surface area (Å²) >= 11 is 0. The number of nitro groups is 1. The van der Waals surface area contributed by atoms with E-state index >= 15 is 0 Å². The number of benzene rings is 1. The molecule has 158 valence electrons. The average Bonchev–Trinajstić information content (AvgIpc) is 2.65. The van der Waals surface area contributed by atoms with E-state index in [9.17, 15) is 33.3 Å². The molecule has 1 aliphatic heterocycles. The van der Waals surface area contributed by atoms with Crippen LogP contribution in [0.25, 0.3) is 0 Å². The minimum Gasteiger partial charge on any atom is -0.484 e. The summed E-state index contributed by atoms with van der Waals surface area (Å²) in [7, 11) is 0. The molecule has 1 atom stereocenters. The van der Waals surface area contributed by atoms with Crippen molar-refractivity contribution in [3.63, 3.8) is 0 Å². The molecule has 2 rings (SSSR count). The molecule has 8 nitrogen and oxygen atoms in total. The van der Waals surface area contributed by atoms with Crippen LogP contribution in [0.5, 0.6) is 5.75 Å². The predicted molar refractivity (Wildman–Crippen MR) is 96.4 cm³/mol. The van der Waals surface area contributed by atoms with Crippen molar-refractivity contribution in [3.05, 3.63) is 33.9 Å². The van der Waals surface area contributed by atoms with Crippen molar-refractivity contribution >= 4 is 11.6 Å². The summed E-state index contributed by atoms with van der Waals surface area (Å²) in [5.74, 6) is -0.836. The van der Waals surface area contributed by atoms with Crippen LogP contribution < -0.4 is 4.74 Å². The number of carbonyl (C=O) groups excluding carboxylic acids is 1. The molecular weight excluding hydrogens is 393 g/mol. The van der Waals surface area contributed by atoms with Crippen molar-refractivity contribution in [2.75, 3.05) is 32.8 Å². The second-order valence-corrected chi connectivity index (χ2v) is 6.99. The van der Waals surface area contributed by atoms with Crippen molar-refractivity contribution < 1.29 is 27.6 Å². The Morgan fingerprint density at radius 1 is 1.31 bits per heavy atom. The third-order valence-corrected chi connectivity index (χ3v) is 4.56. The van der Waals surface area contributed by atoms with Crippen LogP contribution in [0.4, 0.5) is 18.9 Å². The number of hydrogen-bond donors (Lipinski definition) is 0. The number of ether oxygens (including phenoxy) is 1. The Balaban J connectivity index is 2.17. The Morgan fingerprint density at radius 3 is 2.41 bits per heavy atom. The zero-order chi connectivity index (χ0) is 21.8. The van der Waals surface area contributed by atoms with Gasteiger partial charge in [0.2, 0.25) is 0 Å². The third kappa shape index (κ3) is 5.80. The van der Waals surface area contributed by atoms with Crippen LogP contribution >= 0.6 is 0 Å². The van der Waals surface area contributed by atoms with E-state index in [1.165, 1.54) is 4.90 Å². The lowest BCUT2D eigenvalue weighted by Gasteiger charge is -2.38. The number of rotatable bonds is 6.